The van der Waals surface area contributed by atoms with Gasteiger partial charge in [-0.3, -0.25) is 4.90 Å². The van der Waals surface area contributed by atoms with E-state index in [0.717, 1.165) is 41.1 Å². The van der Waals surface area contributed by atoms with Gasteiger partial charge in [0.1, 0.15) is 18.1 Å². The first-order valence-corrected chi connectivity index (χ1v) is 11.3. The van der Waals surface area contributed by atoms with Crippen molar-refractivity contribution in [1.82, 2.24) is 14.7 Å². The van der Waals surface area contributed by atoms with E-state index in [2.05, 4.69) is 29.9 Å². The molecular formula is C27H33N3O3. The molecule has 0 amide bonds. The molecule has 1 atom stereocenters. The van der Waals surface area contributed by atoms with E-state index in [-0.39, 0.29) is 13.2 Å². The standard InChI is InChI=1S/C27H33N3O3/c1-5-15-30(18-23(31)20-32-16-6-2)19-25-26(22-12-8-7-9-13-22)28-29(4)27(25)33-24-14-10-11-21(3)17-24/h2,7-14,17,23,31H,5,15-16,18-20H2,1,3-4H3. The van der Waals surface area contributed by atoms with Gasteiger partial charge in [-0.1, -0.05) is 55.3 Å². The van der Waals surface area contributed by atoms with Gasteiger partial charge in [0.25, 0.3) is 0 Å². The molecule has 1 unspecified atom stereocenters. The van der Waals surface area contributed by atoms with Gasteiger partial charge in [-0.25, -0.2) is 4.68 Å². The van der Waals surface area contributed by atoms with Crippen LogP contribution in [0.3, 0.4) is 0 Å². The Hall–Kier alpha value is -3.11. The van der Waals surface area contributed by atoms with Gasteiger partial charge < -0.3 is 14.6 Å². The molecule has 174 valence electrons. The van der Waals surface area contributed by atoms with Crippen molar-refractivity contribution in [2.24, 2.45) is 7.05 Å². The van der Waals surface area contributed by atoms with Crippen LogP contribution in [0.5, 0.6) is 11.6 Å². The monoisotopic (exact) mass is 447 g/mol. The fourth-order valence-electron chi connectivity index (χ4n) is 3.82. The van der Waals surface area contributed by atoms with Crippen LogP contribution in [0.25, 0.3) is 11.3 Å². The van der Waals surface area contributed by atoms with E-state index in [4.69, 9.17) is 21.0 Å². The maximum atomic E-state index is 10.5. The molecule has 1 heterocycles. The maximum absolute atomic E-state index is 10.5. The predicted octanol–water partition coefficient (Wildman–Crippen LogP) is 4.41. The Morgan fingerprint density at radius 2 is 1.97 bits per heavy atom. The summed E-state index contributed by atoms with van der Waals surface area (Å²) in [5.74, 6) is 3.89. The van der Waals surface area contributed by atoms with Crippen LogP contribution in [0.2, 0.25) is 0 Å². The van der Waals surface area contributed by atoms with E-state index < -0.39 is 6.10 Å². The van der Waals surface area contributed by atoms with E-state index in [1.165, 1.54) is 0 Å². The molecule has 0 bridgehead atoms. The molecule has 0 saturated carbocycles. The molecule has 0 saturated heterocycles. The Morgan fingerprint density at radius 3 is 2.67 bits per heavy atom. The molecule has 33 heavy (non-hydrogen) atoms. The topological polar surface area (TPSA) is 59.8 Å². The zero-order valence-corrected chi connectivity index (χ0v) is 19.7. The molecule has 0 radical (unpaired) electrons. The first-order valence-electron chi connectivity index (χ1n) is 11.3. The lowest BCUT2D eigenvalue weighted by molar-refractivity contribution is 0.0260. The molecule has 6 nitrogen and oxygen atoms in total. The van der Waals surface area contributed by atoms with Gasteiger partial charge in [-0.2, -0.15) is 5.10 Å². The number of aromatic nitrogens is 2. The van der Waals surface area contributed by atoms with Crippen molar-refractivity contribution < 1.29 is 14.6 Å². The van der Waals surface area contributed by atoms with Crippen molar-refractivity contribution in [3.8, 4) is 35.2 Å². The van der Waals surface area contributed by atoms with E-state index in [0.29, 0.717) is 19.0 Å². The first kappa shape index (κ1) is 24.5. The highest BCUT2D eigenvalue weighted by molar-refractivity contribution is 5.65. The number of hydrogen-bond acceptors (Lipinski definition) is 5. The third kappa shape index (κ3) is 6.93. The van der Waals surface area contributed by atoms with E-state index in [1.54, 1.807) is 4.68 Å². The van der Waals surface area contributed by atoms with Crippen molar-refractivity contribution in [3.05, 3.63) is 65.7 Å². The van der Waals surface area contributed by atoms with Crippen LogP contribution < -0.4 is 4.74 Å². The third-order valence-corrected chi connectivity index (χ3v) is 5.23. The normalized spacial score (nSPS) is 12.0. The maximum Gasteiger partial charge on any atom is 0.222 e. The highest BCUT2D eigenvalue weighted by Crippen LogP contribution is 2.34. The molecule has 0 aliphatic carbocycles. The molecule has 0 fully saturated rings. The number of hydrogen-bond donors (Lipinski definition) is 1. The van der Waals surface area contributed by atoms with Gasteiger partial charge in [0.2, 0.25) is 5.88 Å². The lowest BCUT2D eigenvalue weighted by Crippen LogP contribution is -2.35. The molecule has 2 aromatic carbocycles. The second kappa shape index (κ2) is 12.2. The quantitative estimate of drug-likeness (QED) is 0.329. The Balaban J connectivity index is 1.93. The fraction of sp³-hybridized carbons (Fsp3) is 0.370. The zero-order valence-electron chi connectivity index (χ0n) is 19.7. The molecule has 0 aliphatic heterocycles. The second-order valence-electron chi connectivity index (χ2n) is 8.15. The summed E-state index contributed by atoms with van der Waals surface area (Å²) >= 11 is 0. The highest BCUT2D eigenvalue weighted by Gasteiger charge is 2.23. The number of aryl methyl sites for hydroxylation is 2. The summed E-state index contributed by atoms with van der Waals surface area (Å²) in [5.41, 5.74) is 4.01. The Labute approximate surface area is 196 Å². The largest absolute Gasteiger partial charge is 0.439 e. The van der Waals surface area contributed by atoms with Crippen LogP contribution in [0.1, 0.15) is 24.5 Å². The number of ether oxygens (including phenoxy) is 2. The highest BCUT2D eigenvalue weighted by atomic mass is 16.5. The van der Waals surface area contributed by atoms with Crippen LogP contribution in [0.4, 0.5) is 0 Å². The van der Waals surface area contributed by atoms with Crippen molar-refractivity contribution in [1.29, 1.82) is 0 Å². The van der Waals surface area contributed by atoms with Gasteiger partial charge in [0.05, 0.1) is 18.3 Å². The van der Waals surface area contributed by atoms with Gasteiger partial charge in [0.15, 0.2) is 0 Å². The summed E-state index contributed by atoms with van der Waals surface area (Å²) in [6.07, 6.45) is 5.55. The molecule has 0 spiro atoms. The van der Waals surface area contributed by atoms with Crippen molar-refractivity contribution in [3.63, 3.8) is 0 Å². The Bertz CT molecular complexity index is 1060. The second-order valence-corrected chi connectivity index (χ2v) is 8.15. The Morgan fingerprint density at radius 1 is 1.18 bits per heavy atom. The number of nitrogens with zero attached hydrogens (tertiary/aromatic N) is 3. The van der Waals surface area contributed by atoms with E-state index in [9.17, 15) is 5.11 Å². The van der Waals surface area contributed by atoms with Crippen molar-refractivity contribution >= 4 is 0 Å². The average Bonchev–Trinajstić information content (AvgIpc) is 3.10. The third-order valence-electron chi connectivity index (χ3n) is 5.23. The molecule has 3 rings (SSSR count). The summed E-state index contributed by atoms with van der Waals surface area (Å²) in [5, 5.41) is 15.3. The van der Waals surface area contributed by atoms with Crippen LogP contribution in [-0.4, -0.2) is 52.2 Å². The van der Waals surface area contributed by atoms with Gasteiger partial charge in [-0.05, 0) is 37.6 Å². The summed E-state index contributed by atoms with van der Waals surface area (Å²) in [6.45, 7) is 6.43. The van der Waals surface area contributed by atoms with Crippen LogP contribution in [0, 0.1) is 19.3 Å². The summed E-state index contributed by atoms with van der Waals surface area (Å²) in [4.78, 5) is 2.20. The molecular weight excluding hydrogens is 414 g/mol. The fourth-order valence-corrected chi connectivity index (χ4v) is 3.82. The van der Waals surface area contributed by atoms with Crippen LogP contribution in [-0.2, 0) is 18.3 Å². The van der Waals surface area contributed by atoms with Gasteiger partial charge in [0, 0.05) is 25.7 Å². The molecule has 0 aliphatic rings. The number of aliphatic hydroxyl groups is 1. The van der Waals surface area contributed by atoms with Crippen LogP contribution in [0.15, 0.2) is 54.6 Å². The number of aliphatic hydroxyl groups excluding tert-OH is 1. The lowest BCUT2D eigenvalue weighted by Gasteiger charge is -2.25. The van der Waals surface area contributed by atoms with Crippen molar-refractivity contribution in [2.75, 3.05) is 26.3 Å². The first-order chi connectivity index (χ1) is 16.0. The SMILES string of the molecule is C#CCOCC(O)CN(CCC)Cc1c(-c2ccccc2)nn(C)c1Oc1cccc(C)c1. The van der Waals surface area contributed by atoms with Crippen molar-refractivity contribution in [2.45, 2.75) is 32.9 Å². The predicted molar refractivity (Wildman–Crippen MR) is 131 cm³/mol. The van der Waals surface area contributed by atoms with Crippen LogP contribution >= 0.6 is 0 Å². The molecule has 1 aromatic heterocycles. The number of terminal acetylenes is 1. The lowest BCUT2D eigenvalue weighted by atomic mass is 10.1. The summed E-state index contributed by atoms with van der Waals surface area (Å²) in [7, 11) is 1.90. The van der Waals surface area contributed by atoms with E-state index >= 15 is 0 Å². The van der Waals surface area contributed by atoms with Gasteiger partial charge >= 0.3 is 0 Å². The Kier molecular flexibility index (Phi) is 9.08. The molecule has 1 N–H and O–H groups in total. The number of rotatable bonds is 12. The molecule has 6 heteroatoms. The number of benzene rings is 2. The van der Waals surface area contributed by atoms with Gasteiger partial charge in [-0.15, -0.1) is 6.42 Å². The van der Waals surface area contributed by atoms with E-state index in [1.807, 2.05) is 56.4 Å². The minimum Gasteiger partial charge on any atom is -0.439 e. The molecule has 3 aromatic rings. The average molecular weight is 448 g/mol. The zero-order chi connectivity index (χ0) is 23.6. The summed E-state index contributed by atoms with van der Waals surface area (Å²) < 4.78 is 13.5. The smallest absolute Gasteiger partial charge is 0.222 e. The summed E-state index contributed by atoms with van der Waals surface area (Å²) in [6, 6.07) is 18.1. The minimum atomic E-state index is -0.636. The minimum absolute atomic E-state index is 0.195.